The lowest BCUT2D eigenvalue weighted by Crippen LogP contribution is -2.23. The van der Waals surface area contributed by atoms with Crippen molar-refractivity contribution in [1.29, 1.82) is 0 Å². The Labute approximate surface area is 164 Å². The van der Waals surface area contributed by atoms with Crippen molar-refractivity contribution < 1.29 is 13.2 Å². The Bertz CT molecular complexity index is 969. The van der Waals surface area contributed by atoms with E-state index in [1.807, 2.05) is 6.08 Å². The summed E-state index contributed by atoms with van der Waals surface area (Å²) in [5, 5.41) is 3.36. The third-order valence-corrected chi connectivity index (χ3v) is 6.26. The number of rotatable bonds is 5. The molecule has 1 atom stereocenters. The SMILES string of the molecule is Cc1ccc(NC(=O)C2CC=CCC2)cc1S(=O)(=O)Nc1ccc(Cl)cc1. The normalized spacial score (nSPS) is 16.7. The molecule has 1 aliphatic carbocycles. The summed E-state index contributed by atoms with van der Waals surface area (Å²) in [6.45, 7) is 1.72. The fraction of sp³-hybridized carbons (Fsp3) is 0.250. The van der Waals surface area contributed by atoms with Crippen LogP contribution in [-0.4, -0.2) is 14.3 Å². The number of sulfonamides is 1. The average molecular weight is 405 g/mol. The van der Waals surface area contributed by atoms with Crippen LogP contribution in [0.15, 0.2) is 59.5 Å². The summed E-state index contributed by atoms with van der Waals surface area (Å²) >= 11 is 5.84. The molecule has 0 heterocycles. The van der Waals surface area contributed by atoms with Gasteiger partial charge >= 0.3 is 0 Å². The van der Waals surface area contributed by atoms with Crippen LogP contribution in [0.2, 0.25) is 5.02 Å². The van der Waals surface area contributed by atoms with Gasteiger partial charge in [0.2, 0.25) is 5.91 Å². The number of nitrogens with one attached hydrogen (secondary N) is 2. The summed E-state index contributed by atoms with van der Waals surface area (Å²) in [7, 11) is -3.80. The highest BCUT2D eigenvalue weighted by Gasteiger charge is 2.21. The second-order valence-corrected chi connectivity index (χ2v) is 8.65. The van der Waals surface area contributed by atoms with Gasteiger partial charge in [0, 0.05) is 22.3 Å². The van der Waals surface area contributed by atoms with Crippen LogP contribution >= 0.6 is 11.6 Å². The van der Waals surface area contributed by atoms with Gasteiger partial charge in [-0.25, -0.2) is 8.42 Å². The van der Waals surface area contributed by atoms with Crippen molar-refractivity contribution >= 4 is 38.9 Å². The van der Waals surface area contributed by atoms with Crippen LogP contribution in [-0.2, 0) is 14.8 Å². The number of allylic oxidation sites excluding steroid dienone is 2. The first kappa shape index (κ1) is 19.5. The van der Waals surface area contributed by atoms with E-state index in [9.17, 15) is 13.2 Å². The van der Waals surface area contributed by atoms with Crippen molar-refractivity contribution in [2.24, 2.45) is 5.92 Å². The zero-order chi connectivity index (χ0) is 19.4. The van der Waals surface area contributed by atoms with Gasteiger partial charge < -0.3 is 5.32 Å². The molecule has 0 saturated carbocycles. The van der Waals surface area contributed by atoms with Gasteiger partial charge in [0.25, 0.3) is 10.0 Å². The number of hydrogen-bond donors (Lipinski definition) is 2. The minimum atomic E-state index is -3.80. The largest absolute Gasteiger partial charge is 0.326 e. The second-order valence-electron chi connectivity index (χ2n) is 6.56. The van der Waals surface area contributed by atoms with Crippen LogP contribution in [0.3, 0.4) is 0 Å². The molecule has 5 nitrogen and oxygen atoms in total. The quantitative estimate of drug-likeness (QED) is 0.706. The summed E-state index contributed by atoms with van der Waals surface area (Å²) in [6.07, 6.45) is 6.48. The standard InChI is InChI=1S/C20H21ClN2O3S/c1-14-7-10-18(22-20(24)15-5-3-2-4-6-15)13-19(14)27(25,26)23-17-11-8-16(21)9-12-17/h2-3,7-13,15,23H,4-6H2,1H3,(H,22,24). The predicted octanol–water partition coefficient (Wildman–Crippen LogP) is 4.74. The minimum Gasteiger partial charge on any atom is -0.326 e. The van der Waals surface area contributed by atoms with Gasteiger partial charge in [-0.05, 0) is 68.1 Å². The minimum absolute atomic E-state index is 0.0800. The van der Waals surface area contributed by atoms with E-state index >= 15 is 0 Å². The molecule has 1 aliphatic rings. The van der Waals surface area contributed by atoms with Gasteiger partial charge in [-0.15, -0.1) is 0 Å². The van der Waals surface area contributed by atoms with Crippen LogP contribution in [0, 0.1) is 12.8 Å². The molecular formula is C20H21ClN2O3S. The molecular weight excluding hydrogens is 384 g/mol. The van der Waals surface area contributed by atoms with Crippen molar-refractivity contribution in [3.63, 3.8) is 0 Å². The molecule has 0 aromatic heterocycles. The third kappa shape index (κ3) is 4.90. The first-order valence-electron chi connectivity index (χ1n) is 8.70. The number of hydrogen-bond acceptors (Lipinski definition) is 3. The van der Waals surface area contributed by atoms with Crippen LogP contribution in [0.4, 0.5) is 11.4 Å². The highest BCUT2D eigenvalue weighted by Crippen LogP contribution is 2.25. The third-order valence-electron chi connectivity index (χ3n) is 4.48. The number of benzene rings is 2. The van der Waals surface area contributed by atoms with Crippen LogP contribution < -0.4 is 10.0 Å². The van der Waals surface area contributed by atoms with Crippen molar-refractivity contribution in [3.8, 4) is 0 Å². The lowest BCUT2D eigenvalue weighted by molar-refractivity contribution is -0.120. The molecule has 7 heteroatoms. The monoisotopic (exact) mass is 404 g/mol. The van der Waals surface area contributed by atoms with Gasteiger partial charge in [0.15, 0.2) is 0 Å². The maximum Gasteiger partial charge on any atom is 0.262 e. The summed E-state index contributed by atoms with van der Waals surface area (Å²) < 4.78 is 28.1. The van der Waals surface area contributed by atoms with Crippen molar-refractivity contribution in [3.05, 3.63) is 65.2 Å². The maximum atomic E-state index is 12.8. The van der Waals surface area contributed by atoms with Gasteiger partial charge in [0.05, 0.1) is 4.90 Å². The topological polar surface area (TPSA) is 75.3 Å². The molecule has 0 fully saturated rings. The molecule has 2 aromatic carbocycles. The molecule has 0 radical (unpaired) electrons. The fourth-order valence-corrected chi connectivity index (χ4v) is 4.43. The Balaban J connectivity index is 1.80. The Kier molecular flexibility index (Phi) is 5.87. The van der Waals surface area contributed by atoms with Crippen LogP contribution in [0.1, 0.15) is 24.8 Å². The summed E-state index contributed by atoms with van der Waals surface area (Å²) in [6, 6.07) is 11.3. The number of amides is 1. The zero-order valence-corrected chi connectivity index (χ0v) is 16.5. The van der Waals surface area contributed by atoms with Crippen molar-refractivity contribution in [2.75, 3.05) is 10.0 Å². The summed E-state index contributed by atoms with van der Waals surface area (Å²) in [5.74, 6) is -0.166. The zero-order valence-electron chi connectivity index (χ0n) is 14.9. The molecule has 1 unspecified atom stereocenters. The van der Waals surface area contributed by atoms with Gasteiger partial charge in [-0.2, -0.15) is 0 Å². The van der Waals surface area contributed by atoms with E-state index < -0.39 is 10.0 Å². The molecule has 0 bridgehead atoms. The number of carbonyl (C=O) groups is 1. The Hall–Kier alpha value is -2.31. The van der Waals surface area contributed by atoms with Crippen molar-refractivity contribution in [2.45, 2.75) is 31.1 Å². The predicted molar refractivity (Wildman–Crippen MR) is 109 cm³/mol. The molecule has 0 saturated heterocycles. The van der Waals surface area contributed by atoms with Gasteiger partial charge in [-0.1, -0.05) is 29.8 Å². The van der Waals surface area contributed by atoms with Crippen LogP contribution in [0.25, 0.3) is 0 Å². The van der Waals surface area contributed by atoms with Gasteiger partial charge in [0.1, 0.15) is 0 Å². The van der Waals surface area contributed by atoms with Gasteiger partial charge in [-0.3, -0.25) is 9.52 Å². The van der Waals surface area contributed by atoms with E-state index in [2.05, 4.69) is 16.1 Å². The van der Waals surface area contributed by atoms with Crippen LogP contribution in [0.5, 0.6) is 0 Å². The van der Waals surface area contributed by atoms with E-state index in [1.54, 1.807) is 43.3 Å². The molecule has 27 heavy (non-hydrogen) atoms. The lowest BCUT2D eigenvalue weighted by Gasteiger charge is -2.18. The Morgan fingerprint density at radius 1 is 1.07 bits per heavy atom. The second kappa shape index (κ2) is 8.15. The Morgan fingerprint density at radius 2 is 1.78 bits per heavy atom. The number of carbonyl (C=O) groups excluding carboxylic acids is 1. The number of anilines is 2. The van der Waals surface area contributed by atoms with E-state index in [1.165, 1.54) is 6.07 Å². The average Bonchev–Trinajstić information content (AvgIpc) is 2.65. The fourth-order valence-electron chi connectivity index (χ4n) is 2.97. The molecule has 142 valence electrons. The lowest BCUT2D eigenvalue weighted by atomic mass is 9.93. The molecule has 0 spiro atoms. The number of halogens is 1. The number of aryl methyl sites for hydroxylation is 1. The molecule has 2 aromatic rings. The summed E-state index contributed by atoms with van der Waals surface area (Å²) in [4.78, 5) is 12.5. The highest BCUT2D eigenvalue weighted by atomic mass is 35.5. The van der Waals surface area contributed by atoms with E-state index in [0.717, 1.165) is 12.8 Å². The first-order chi connectivity index (χ1) is 12.8. The van der Waals surface area contributed by atoms with E-state index in [0.29, 0.717) is 28.4 Å². The molecule has 0 aliphatic heterocycles. The van der Waals surface area contributed by atoms with E-state index in [4.69, 9.17) is 11.6 Å². The first-order valence-corrected chi connectivity index (χ1v) is 10.6. The van der Waals surface area contributed by atoms with Crippen molar-refractivity contribution in [1.82, 2.24) is 0 Å². The van der Waals surface area contributed by atoms with E-state index in [-0.39, 0.29) is 16.7 Å². The summed E-state index contributed by atoms with van der Waals surface area (Å²) in [5.41, 5.74) is 1.48. The highest BCUT2D eigenvalue weighted by molar-refractivity contribution is 7.92. The Morgan fingerprint density at radius 3 is 2.44 bits per heavy atom. The maximum absolute atomic E-state index is 12.8. The molecule has 1 amide bonds. The molecule has 3 rings (SSSR count). The smallest absolute Gasteiger partial charge is 0.262 e. The molecule has 2 N–H and O–H groups in total.